The van der Waals surface area contributed by atoms with Gasteiger partial charge in [0.1, 0.15) is 9.77 Å². The van der Waals surface area contributed by atoms with Crippen LogP contribution in [0.4, 0.5) is 5.69 Å². The van der Waals surface area contributed by atoms with Crippen molar-refractivity contribution in [2.75, 3.05) is 4.72 Å². The van der Waals surface area contributed by atoms with Gasteiger partial charge >= 0.3 is 5.97 Å². The minimum atomic E-state index is -4.04. The lowest BCUT2D eigenvalue weighted by atomic mass is 10.3. The highest BCUT2D eigenvalue weighted by Gasteiger charge is 2.26. The van der Waals surface area contributed by atoms with E-state index in [1.807, 2.05) is 0 Å². The van der Waals surface area contributed by atoms with Gasteiger partial charge in [-0.15, -0.1) is 11.3 Å². The zero-order chi connectivity index (χ0) is 15.8. The van der Waals surface area contributed by atoms with E-state index in [1.54, 1.807) is 0 Å². The van der Waals surface area contributed by atoms with Crippen LogP contribution in [-0.2, 0) is 17.1 Å². The molecular formula is C12H12N2O5S2. The average molecular weight is 328 g/mol. The summed E-state index contributed by atoms with van der Waals surface area (Å²) in [5, 5.41) is 10.5. The van der Waals surface area contributed by atoms with E-state index in [0.29, 0.717) is 5.56 Å². The fourth-order valence-corrected chi connectivity index (χ4v) is 4.45. The molecule has 21 heavy (non-hydrogen) atoms. The van der Waals surface area contributed by atoms with Gasteiger partial charge in [0.2, 0.25) is 5.56 Å². The van der Waals surface area contributed by atoms with Crippen LogP contribution in [0, 0.1) is 6.92 Å². The van der Waals surface area contributed by atoms with E-state index in [2.05, 4.69) is 4.72 Å². The second kappa shape index (κ2) is 5.34. The van der Waals surface area contributed by atoms with Crippen molar-refractivity contribution in [3.05, 3.63) is 44.5 Å². The maximum atomic E-state index is 12.3. The van der Waals surface area contributed by atoms with E-state index < -0.39 is 16.0 Å². The third-order valence-electron chi connectivity index (χ3n) is 2.72. The topological polar surface area (TPSA) is 105 Å². The molecule has 0 spiro atoms. The van der Waals surface area contributed by atoms with Crippen LogP contribution in [0.5, 0.6) is 0 Å². The molecule has 0 unspecified atom stereocenters. The van der Waals surface area contributed by atoms with Crippen LogP contribution < -0.4 is 10.3 Å². The Hall–Kier alpha value is -2.13. The van der Waals surface area contributed by atoms with Gasteiger partial charge in [0, 0.05) is 19.3 Å². The summed E-state index contributed by atoms with van der Waals surface area (Å²) in [4.78, 5) is 21.9. The Morgan fingerprint density at radius 3 is 2.62 bits per heavy atom. The number of aromatic carboxylic acids is 1. The molecule has 9 heteroatoms. The summed E-state index contributed by atoms with van der Waals surface area (Å²) >= 11 is 0.853. The number of pyridine rings is 1. The van der Waals surface area contributed by atoms with E-state index in [4.69, 9.17) is 5.11 Å². The smallest absolute Gasteiger partial charge is 0.347 e. The summed E-state index contributed by atoms with van der Waals surface area (Å²) in [5.41, 5.74) is 0.254. The molecule has 0 saturated carbocycles. The maximum absolute atomic E-state index is 12.3. The Kier molecular flexibility index (Phi) is 3.88. The van der Waals surface area contributed by atoms with Crippen LogP contribution >= 0.6 is 11.3 Å². The number of nitrogens with one attached hydrogen (secondary N) is 1. The van der Waals surface area contributed by atoms with Crippen molar-refractivity contribution in [3.63, 3.8) is 0 Å². The normalized spacial score (nSPS) is 11.3. The van der Waals surface area contributed by atoms with Gasteiger partial charge in [-0.25, -0.2) is 13.2 Å². The number of sulfonamides is 1. The Bertz CT molecular complexity index is 864. The predicted molar refractivity (Wildman–Crippen MR) is 78.5 cm³/mol. The van der Waals surface area contributed by atoms with E-state index in [-0.39, 0.29) is 21.0 Å². The number of hydrogen-bond acceptors (Lipinski definition) is 5. The summed E-state index contributed by atoms with van der Waals surface area (Å²) in [6.07, 6.45) is 1.32. The van der Waals surface area contributed by atoms with E-state index in [9.17, 15) is 18.0 Å². The quantitative estimate of drug-likeness (QED) is 0.879. The van der Waals surface area contributed by atoms with Crippen molar-refractivity contribution in [3.8, 4) is 0 Å². The van der Waals surface area contributed by atoms with Crippen molar-refractivity contribution in [1.82, 2.24) is 4.57 Å². The monoisotopic (exact) mass is 328 g/mol. The summed E-state index contributed by atoms with van der Waals surface area (Å²) in [5.74, 6) is -1.30. The van der Waals surface area contributed by atoms with Crippen molar-refractivity contribution in [1.29, 1.82) is 0 Å². The van der Waals surface area contributed by atoms with Crippen LogP contribution in [0.2, 0.25) is 0 Å². The average Bonchev–Trinajstić information content (AvgIpc) is 2.76. The molecule has 0 radical (unpaired) electrons. The highest BCUT2D eigenvalue weighted by atomic mass is 32.2. The molecular weight excluding hydrogens is 316 g/mol. The lowest BCUT2D eigenvalue weighted by Crippen LogP contribution is -2.19. The van der Waals surface area contributed by atoms with Crippen LogP contribution in [0.15, 0.2) is 33.4 Å². The Balaban J connectivity index is 2.48. The number of carboxylic acid groups (broad SMARTS) is 1. The van der Waals surface area contributed by atoms with Crippen LogP contribution in [0.3, 0.4) is 0 Å². The molecule has 2 aromatic rings. The van der Waals surface area contributed by atoms with E-state index in [0.717, 1.165) is 11.3 Å². The molecule has 2 aromatic heterocycles. The number of aromatic nitrogens is 1. The first-order valence-electron chi connectivity index (χ1n) is 5.73. The molecule has 0 fully saturated rings. The van der Waals surface area contributed by atoms with Gasteiger partial charge in [0.25, 0.3) is 10.0 Å². The molecule has 112 valence electrons. The number of nitrogens with zero attached hydrogens (tertiary/aromatic N) is 1. The van der Waals surface area contributed by atoms with Gasteiger partial charge < -0.3 is 9.67 Å². The first-order chi connectivity index (χ1) is 9.72. The first kappa shape index (κ1) is 15.3. The standard InChI is InChI=1S/C12H12N2O5S2/c1-7-6-20-10(12(16)17)11(7)21(18,19)13-8-3-4-9(15)14(2)5-8/h3-6,13H,1-2H3,(H,16,17). The lowest BCUT2D eigenvalue weighted by molar-refractivity contribution is 0.0698. The lowest BCUT2D eigenvalue weighted by Gasteiger charge is -2.09. The number of carbonyl (C=O) groups is 1. The molecule has 0 aromatic carbocycles. The van der Waals surface area contributed by atoms with E-state index in [1.165, 1.54) is 42.2 Å². The van der Waals surface area contributed by atoms with Gasteiger partial charge in [0.05, 0.1) is 5.69 Å². The Labute approximate surface area is 124 Å². The zero-order valence-electron chi connectivity index (χ0n) is 11.2. The van der Waals surface area contributed by atoms with Crippen molar-refractivity contribution in [2.24, 2.45) is 7.05 Å². The second-order valence-corrected chi connectivity index (χ2v) is 6.85. The van der Waals surface area contributed by atoms with Crippen LogP contribution in [0.25, 0.3) is 0 Å². The van der Waals surface area contributed by atoms with Gasteiger partial charge in [-0.2, -0.15) is 0 Å². The summed E-state index contributed by atoms with van der Waals surface area (Å²) in [6.45, 7) is 1.53. The van der Waals surface area contributed by atoms with Crippen LogP contribution in [-0.4, -0.2) is 24.1 Å². The highest BCUT2D eigenvalue weighted by molar-refractivity contribution is 7.93. The molecule has 0 bridgehead atoms. The molecule has 2 heterocycles. The molecule has 2 rings (SSSR count). The first-order valence-corrected chi connectivity index (χ1v) is 8.09. The number of thiophene rings is 1. The number of anilines is 1. The van der Waals surface area contributed by atoms with Crippen molar-refractivity contribution < 1.29 is 18.3 Å². The Morgan fingerprint density at radius 1 is 1.38 bits per heavy atom. The van der Waals surface area contributed by atoms with Gasteiger partial charge in [-0.1, -0.05) is 0 Å². The zero-order valence-corrected chi connectivity index (χ0v) is 12.8. The molecule has 0 aliphatic carbocycles. The molecule has 2 N–H and O–H groups in total. The molecule has 0 saturated heterocycles. The number of aryl methyl sites for hydroxylation is 2. The second-order valence-electron chi connectivity index (χ2n) is 4.35. The number of rotatable bonds is 4. The fraction of sp³-hybridized carbons (Fsp3) is 0.167. The van der Waals surface area contributed by atoms with E-state index >= 15 is 0 Å². The van der Waals surface area contributed by atoms with Crippen LogP contribution in [0.1, 0.15) is 15.2 Å². The highest BCUT2D eigenvalue weighted by Crippen LogP contribution is 2.28. The van der Waals surface area contributed by atoms with Gasteiger partial charge in [-0.3, -0.25) is 9.52 Å². The SMILES string of the molecule is Cc1csc(C(=O)O)c1S(=O)(=O)Nc1ccc(=O)n(C)c1. The fourth-order valence-electron chi connectivity index (χ4n) is 1.78. The minimum absolute atomic E-state index is 0.180. The van der Waals surface area contributed by atoms with Crippen molar-refractivity contribution in [2.45, 2.75) is 11.8 Å². The summed E-state index contributed by atoms with van der Waals surface area (Å²) in [7, 11) is -2.56. The maximum Gasteiger partial charge on any atom is 0.347 e. The molecule has 0 aliphatic heterocycles. The molecule has 0 amide bonds. The largest absolute Gasteiger partial charge is 0.477 e. The van der Waals surface area contributed by atoms with Gasteiger partial charge in [-0.05, 0) is 23.9 Å². The van der Waals surface area contributed by atoms with Crippen molar-refractivity contribution >= 4 is 33.0 Å². The molecule has 0 aliphatic rings. The molecule has 7 nitrogen and oxygen atoms in total. The summed E-state index contributed by atoms with van der Waals surface area (Å²) in [6, 6.07) is 2.54. The minimum Gasteiger partial charge on any atom is -0.477 e. The third-order valence-corrected chi connectivity index (χ3v) is 5.50. The number of hydrogen-bond donors (Lipinski definition) is 2. The predicted octanol–water partition coefficient (Wildman–Crippen LogP) is 1.25. The summed E-state index contributed by atoms with van der Waals surface area (Å²) < 4.78 is 28.2. The third kappa shape index (κ3) is 2.98. The Morgan fingerprint density at radius 2 is 2.05 bits per heavy atom. The number of carboxylic acids is 1. The molecule has 0 atom stereocenters. The van der Waals surface area contributed by atoms with Gasteiger partial charge in [0.15, 0.2) is 0 Å².